The molecule has 1 fully saturated rings. The zero-order valence-electron chi connectivity index (χ0n) is 18.6. The third kappa shape index (κ3) is 5.19. The first-order valence-corrected chi connectivity index (χ1v) is 10.6. The van der Waals surface area contributed by atoms with Crippen molar-refractivity contribution in [1.82, 2.24) is 0 Å². The Morgan fingerprint density at radius 2 is 1.97 bits per heavy atom. The lowest BCUT2D eigenvalue weighted by atomic mass is 9.96. The molecule has 1 aliphatic rings. The molecule has 0 radical (unpaired) electrons. The molecule has 2 aromatic carbocycles. The SMILES string of the molecule is CCC(C)c1ccccc1N1CC(C(=O)Nc2ccc(OC)c(OCC(N)=O)c2)CC1=O. The molecule has 2 atom stereocenters. The van der Waals surface area contributed by atoms with Crippen molar-refractivity contribution in [3.8, 4) is 11.5 Å². The van der Waals surface area contributed by atoms with E-state index >= 15 is 0 Å². The summed E-state index contributed by atoms with van der Waals surface area (Å²) >= 11 is 0. The van der Waals surface area contributed by atoms with Gasteiger partial charge in [0.25, 0.3) is 5.91 Å². The molecular formula is C24H29N3O5. The molecule has 2 unspecified atom stereocenters. The molecule has 8 nitrogen and oxygen atoms in total. The molecule has 8 heteroatoms. The first-order valence-electron chi connectivity index (χ1n) is 10.6. The average Bonchev–Trinajstić information content (AvgIpc) is 3.18. The van der Waals surface area contributed by atoms with Crippen LogP contribution in [0, 0.1) is 5.92 Å². The number of para-hydroxylation sites is 1. The molecule has 0 aromatic heterocycles. The second-order valence-electron chi connectivity index (χ2n) is 7.88. The van der Waals surface area contributed by atoms with Gasteiger partial charge in [-0.3, -0.25) is 14.4 Å². The number of nitrogens with zero attached hydrogens (tertiary/aromatic N) is 1. The highest BCUT2D eigenvalue weighted by molar-refractivity contribution is 6.04. The first-order chi connectivity index (χ1) is 15.3. The quantitative estimate of drug-likeness (QED) is 0.624. The van der Waals surface area contributed by atoms with Crippen molar-refractivity contribution in [2.75, 3.05) is 30.5 Å². The van der Waals surface area contributed by atoms with Crippen molar-refractivity contribution in [3.05, 3.63) is 48.0 Å². The minimum Gasteiger partial charge on any atom is -0.493 e. The molecule has 1 heterocycles. The van der Waals surface area contributed by atoms with E-state index in [1.807, 2.05) is 24.3 Å². The summed E-state index contributed by atoms with van der Waals surface area (Å²) in [5.74, 6) is -0.420. The van der Waals surface area contributed by atoms with Gasteiger partial charge in [-0.25, -0.2) is 0 Å². The monoisotopic (exact) mass is 439 g/mol. The first kappa shape index (κ1) is 23.1. The van der Waals surface area contributed by atoms with E-state index in [1.165, 1.54) is 7.11 Å². The van der Waals surface area contributed by atoms with Gasteiger partial charge in [0.05, 0.1) is 13.0 Å². The minimum atomic E-state index is -0.622. The van der Waals surface area contributed by atoms with Crippen LogP contribution in [0.4, 0.5) is 11.4 Å². The maximum atomic E-state index is 12.9. The van der Waals surface area contributed by atoms with Gasteiger partial charge >= 0.3 is 0 Å². The lowest BCUT2D eigenvalue weighted by Crippen LogP contribution is -2.29. The third-order valence-corrected chi connectivity index (χ3v) is 5.67. The summed E-state index contributed by atoms with van der Waals surface area (Å²) in [6.45, 7) is 4.25. The van der Waals surface area contributed by atoms with Crippen LogP contribution in [0.25, 0.3) is 0 Å². The second kappa shape index (κ2) is 10.2. The van der Waals surface area contributed by atoms with E-state index < -0.39 is 11.8 Å². The fourth-order valence-electron chi connectivity index (χ4n) is 3.75. The van der Waals surface area contributed by atoms with Crippen LogP contribution in [0.3, 0.4) is 0 Å². The van der Waals surface area contributed by atoms with Gasteiger partial charge < -0.3 is 25.4 Å². The van der Waals surface area contributed by atoms with Crippen LogP contribution < -0.4 is 25.4 Å². The highest BCUT2D eigenvalue weighted by Crippen LogP contribution is 2.34. The van der Waals surface area contributed by atoms with Crippen LogP contribution in [-0.4, -0.2) is 38.0 Å². The number of methoxy groups -OCH3 is 1. The zero-order chi connectivity index (χ0) is 23.3. The molecule has 170 valence electrons. The number of benzene rings is 2. The van der Waals surface area contributed by atoms with Gasteiger partial charge in [0.1, 0.15) is 0 Å². The number of ether oxygens (including phenoxy) is 2. The van der Waals surface area contributed by atoms with Gasteiger partial charge in [-0.15, -0.1) is 0 Å². The molecule has 0 saturated carbocycles. The van der Waals surface area contributed by atoms with Crippen molar-refractivity contribution < 1.29 is 23.9 Å². The highest BCUT2D eigenvalue weighted by Gasteiger charge is 2.36. The molecule has 2 aromatic rings. The molecule has 32 heavy (non-hydrogen) atoms. The average molecular weight is 440 g/mol. The van der Waals surface area contributed by atoms with Crippen LogP contribution in [0.2, 0.25) is 0 Å². The summed E-state index contributed by atoms with van der Waals surface area (Å²) in [5, 5.41) is 2.83. The van der Waals surface area contributed by atoms with Gasteiger partial charge in [0, 0.05) is 30.4 Å². The van der Waals surface area contributed by atoms with Gasteiger partial charge in [0.15, 0.2) is 18.1 Å². The van der Waals surface area contributed by atoms with Crippen LogP contribution in [-0.2, 0) is 14.4 Å². The number of carbonyl (C=O) groups excluding carboxylic acids is 3. The zero-order valence-corrected chi connectivity index (χ0v) is 18.6. The van der Waals surface area contributed by atoms with Crippen LogP contribution >= 0.6 is 0 Å². The van der Waals surface area contributed by atoms with E-state index in [0.29, 0.717) is 23.9 Å². The summed E-state index contributed by atoms with van der Waals surface area (Å²) in [5.41, 5.74) is 7.58. The van der Waals surface area contributed by atoms with Crippen molar-refractivity contribution in [2.45, 2.75) is 32.6 Å². The Bertz CT molecular complexity index is 1010. The Morgan fingerprint density at radius 3 is 2.66 bits per heavy atom. The van der Waals surface area contributed by atoms with Gasteiger partial charge in [-0.05, 0) is 36.1 Å². The molecule has 3 N–H and O–H groups in total. The minimum absolute atomic E-state index is 0.0684. The number of nitrogens with two attached hydrogens (primary N) is 1. The van der Waals surface area contributed by atoms with Crippen molar-refractivity contribution in [3.63, 3.8) is 0 Å². The third-order valence-electron chi connectivity index (χ3n) is 5.67. The number of amides is 3. The molecule has 0 spiro atoms. The van der Waals surface area contributed by atoms with Crippen molar-refractivity contribution in [2.24, 2.45) is 11.7 Å². The fraction of sp³-hybridized carbons (Fsp3) is 0.375. The molecule has 3 amide bonds. The standard InChI is InChI=1S/C24H29N3O5/c1-4-15(2)18-7-5-6-8-19(18)27-13-16(11-23(27)29)24(30)26-17-9-10-20(31-3)21(12-17)32-14-22(25)28/h5-10,12,15-16H,4,11,13-14H2,1-3H3,(H2,25,28)(H,26,30). The lowest BCUT2D eigenvalue weighted by molar-refractivity contribution is -0.122. The molecule has 1 saturated heterocycles. The Balaban J connectivity index is 1.73. The van der Waals surface area contributed by atoms with Gasteiger partial charge in [-0.1, -0.05) is 32.0 Å². The van der Waals surface area contributed by atoms with E-state index in [0.717, 1.165) is 17.7 Å². The Morgan fingerprint density at radius 1 is 1.22 bits per heavy atom. The molecular weight excluding hydrogens is 410 g/mol. The van der Waals surface area contributed by atoms with E-state index in [4.69, 9.17) is 15.2 Å². The van der Waals surface area contributed by atoms with Crippen LogP contribution in [0.1, 0.15) is 38.2 Å². The lowest BCUT2D eigenvalue weighted by Gasteiger charge is -2.23. The number of rotatable bonds is 9. The largest absolute Gasteiger partial charge is 0.493 e. The molecule has 0 bridgehead atoms. The normalized spacial score (nSPS) is 16.5. The van der Waals surface area contributed by atoms with Gasteiger partial charge in [0.2, 0.25) is 11.8 Å². The number of primary amides is 1. The van der Waals surface area contributed by atoms with Crippen LogP contribution in [0.5, 0.6) is 11.5 Å². The number of hydrogen-bond donors (Lipinski definition) is 2. The Kier molecular flexibility index (Phi) is 7.35. The van der Waals surface area contributed by atoms with Crippen molar-refractivity contribution >= 4 is 29.1 Å². The maximum absolute atomic E-state index is 12.9. The number of carbonyl (C=O) groups is 3. The summed E-state index contributed by atoms with van der Waals surface area (Å²) < 4.78 is 10.6. The molecule has 3 rings (SSSR count). The predicted molar refractivity (Wildman–Crippen MR) is 122 cm³/mol. The molecule has 1 aliphatic heterocycles. The van der Waals surface area contributed by atoms with Crippen LogP contribution in [0.15, 0.2) is 42.5 Å². The fourth-order valence-corrected chi connectivity index (χ4v) is 3.75. The Labute approximate surface area is 187 Å². The highest BCUT2D eigenvalue weighted by atomic mass is 16.5. The van der Waals surface area contributed by atoms with Crippen molar-refractivity contribution in [1.29, 1.82) is 0 Å². The summed E-state index contributed by atoms with van der Waals surface area (Å²) in [4.78, 5) is 38.4. The summed E-state index contributed by atoms with van der Waals surface area (Å²) in [6.07, 6.45) is 1.10. The summed E-state index contributed by atoms with van der Waals surface area (Å²) in [7, 11) is 1.47. The Hall–Kier alpha value is -3.55. The van der Waals surface area contributed by atoms with E-state index in [9.17, 15) is 14.4 Å². The number of hydrogen-bond acceptors (Lipinski definition) is 5. The number of anilines is 2. The smallest absolute Gasteiger partial charge is 0.255 e. The van der Waals surface area contributed by atoms with E-state index in [-0.39, 0.29) is 30.6 Å². The molecule has 0 aliphatic carbocycles. The van der Waals surface area contributed by atoms with E-state index in [2.05, 4.69) is 19.2 Å². The van der Waals surface area contributed by atoms with E-state index in [1.54, 1.807) is 23.1 Å². The second-order valence-corrected chi connectivity index (χ2v) is 7.88. The topological polar surface area (TPSA) is 111 Å². The van der Waals surface area contributed by atoms with Gasteiger partial charge in [-0.2, -0.15) is 0 Å². The number of nitrogens with one attached hydrogen (secondary N) is 1. The predicted octanol–water partition coefficient (Wildman–Crippen LogP) is 3.06. The summed E-state index contributed by atoms with van der Waals surface area (Å²) in [6, 6.07) is 12.7. The maximum Gasteiger partial charge on any atom is 0.255 e.